The maximum atomic E-state index is 12.0. The molecule has 1 rings (SSSR count). The van der Waals surface area contributed by atoms with Crippen LogP contribution < -0.4 is 10.1 Å². The van der Waals surface area contributed by atoms with E-state index in [1.54, 1.807) is 33.0 Å². The molecule has 0 aromatic heterocycles. The molecule has 1 unspecified atom stereocenters. The summed E-state index contributed by atoms with van der Waals surface area (Å²) in [6.07, 6.45) is 0. The van der Waals surface area contributed by atoms with Crippen LogP contribution >= 0.6 is 0 Å². The number of nitrogens with one attached hydrogen (secondary N) is 1. The number of benzene rings is 1. The van der Waals surface area contributed by atoms with E-state index in [2.05, 4.69) is 5.32 Å². The van der Waals surface area contributed by atoms with Crippen LogP contribution in [0.25, 0.3) is 0 Å². The number of phenolic OH excluding ortho intramolecular Hbond substituents is 1. The Kier molecular flexibility index (Phi) is 4.55. The lowest BCUT2D eigenvalue weighted by atomic mass is 9.92. The molecular formula is C13H19NO4. The molecule has 100 valence electrons. The van der Waals surface area contributed by atoms with E-state index >= 15 is 0 Å². The Morgan fingerprint density at radius 3 is 2.67 bits per heavy atom. The summed E-state index contributed by atoms with van der Waals surface area (Å²) >= 11 is 0. The highest BCUT2D eigenvalue weighted by Gasteiger charge is 2.35. The lowest BCUT2D eigenvalue weighted by Crippen LogP contribution is -2.45. The summed E-state index contributed by atoms with van der Waals surface area (Å²) in [6.45, 7) is 3.79. The van der Waals surface area contributed by atoms with Crippen molar-refractivity contribution in [1.29, 1.82) is 0 Å². The molecule has 0 aliphatic carbocycles. The first-order valence-corrected chi connectivity index (χ1v) is 5.73. The largest absolute Gasteiger partial charge is 0.504 e. The average molecular weight is 253 g/mol. The summed E-state index contributed by atoms with van der Waals surface area (Å²) in [5.74, 6) is -0.0259. The van der Waals surface area contributed by atoms with Crippen molar-refractivity contribution in [2.45, 2.75) is 19.4 Å². The SMILES string of the molecule is CCOC(=O)C(C)(NC)c1ccc(O)c(OC)c1. The number of hydrogen-bond acceptors (Lipinski definition) is 5. The van der Waals surface area contributed by atoms with E-state index in [0.717, 1.165) is 0 Å². The van der Waals surface area contributed by atoms with Gasteiger partial charge in [0.1, 0.15) is 5.54 Å². The Hall–Kier alpha value is -1.75. The highest BCUT2D eigenvalue weighted by Crippen LogP contribution is 2.31. The lowest BCUT2D eigenvalue weighted by molar-refractivity contribution is -0.150. The van der Waals surface area contributed by atoms with E-state index in [9.17, 15) is 9.90 Å². The predicted molar refractivity (Wildman–Crippen MR) is 67.7 cm³/mol. The third-order valence-corrected chi connectivity index (χ3v) is 2.94. The van der Waals surface area contributed by atoms with Crippen LogP contribution in [0, 0.1) is 0 Å². The molecule has 0 fully saturated rings. The zero-order valence-electron chi connectivity index (χ0n) is 11.1. The van der Waals surface area contributed by atoms with Gasteiger partial charge in [0.25, 0.3) is 0 Å². The van der Waals surface area contributed by atoms with Gasteiger partial charge in [-0.1, -0.05) is 6.07 Å². The van der Waals surface area contributed by atoms with Crippen LogP contribution in [0.2, 0.25) is 0 Å². The Morgan fingerprint density at radius 1 is 1.50 bits per heavy atom. The quantitative estimate of drug-likeness (QED) is 0.776. The van der Waals surface area contributed by atoms with Crippen LogP contribution in [-0.4, -0.2) is 31.8 Å². The summed E-state index contributed by atoms with van der Waals surface area (Å²) in [4.78, 5) is 12.0. The number of methoxy groups -OCH3 is 1. The van der Waals surface area contributed by atoms with E-state index in [4.69, 9.17) is 9.47 Å². The molecule has 0 aliphatic heterocycles. The van der Waals surface area contributed by atoms with E-state index in [0.29, 0.717) is 17.9 Å². The fourth-order valence-corrected chi connectivity index (χ4v) is 1.63. The van der Waals surface area contributed by atoms with Gasteiger partial charge in [0.2, 0.25) is 0 Å². The average Bonchev–Trinajstić information content (AvgIpc) is 2.38. The minimum atomic E-state index is -0.975. The molecule has 1 aromatic carbocycles. The normalized spacial score (nSPS) is 13.8. The molecule has 2 N–H and O–H groups in total. The third-order valence-electron chi connectivity index (χ3n) is 2.94. The number of likely N-dealkylation sites (N-methyl/N-ethyl adjacent to an activating group) is 1. The van der Waals surface area contributed by atoms with Gasteiger partial charge in [0, 0.05) is 0 Å². The number of aromatic hydroxyl groups is 1. The number of phenols is 1. The lowest BCUT2D eigenvalue weighted by Gasteiger charge is -2.27. The third kappa shape index (κ3) is 2.56. The number of esters is 1. The van der Waals surface area contributed by atoms with Gasteiger partial charge in [-0.05, 0) is 38.6 Å². The molecule has 0 bridgehead atoms. The Labute approximate surface area is 107 Å². The Morgan fingerprint density at radius 2 is 2.17 bits per heavy atom. The first kappa shape index (κ1) is 14.3. The molecule has 0 aliphatic rings. The Bertz CT molecular complexity index is 433. The molecule has 1 aromatic rings. The zero-order valence-corrected chi connectivity index (χ0v) is 11.1. The van der Waals surface area contributed by atoms with Crippen LogP contribution in [0.15, 0.2) is 18.2 Å². The predicted octanol–water partition coefficient (Wildman–Crippen LogP) is 1.40. The second-order valence-electron chi connectivity index (χ2n) is 3.98. The molecular weight excluding hydrogens is 234 g/mol. The summed E-state index contributed by atoms with van der Waals surface area (Å²) in [5, 5.41) is 12.5. The number of ether oxygens (including phenoxy) is 2. The first-order chi connectivity index (χ1) is 8.49. The second kappa shape index (κ2) is 5.73. The topological polar surface area (TPSA) is 67.8 Å². The first-order valence-electron chi connectivity index (χ1n) is 5.73. The monoisotopic (exact) mass is 253 g/mol. The van der Waals surface area contributed by atoms with E-state index < -0.39 is 5.54 Å². The standard InChI is InChI=1S/C13H19NO4/c1-5-18-12(16)13(2,14-3)9-6-7-10(15)11(8-9)17-4/h6-8,14-15H,5H2,1-4H3. The molecule has 0 amide bonds. The van der Waals surface area contributed by atoms with Crippen molar-refractivity contribution in [3.8, 4) is 11.5 Å². The molecule has 0 radical (unpaired) electrons. The van der Waals surface area contributed by atoms with Crippen molar-refractivity contribution >= 4 is 5.97 Å². The van der Waals surface area contributed by atoms with Gasteiger partial charge in [-0.2, -0.15) is 0 Å². The van der Waals surface area contributed by atoms with Crippen molar-refractivity contribution in [2.75, 3.05) is 20.8 Å². The van der Waals surface area contributed by atoms with Crippen LogP contribution in [0.3, 0.4) is 0 Å². The zero-order chi connectivity index (χ0) is 13.8. The van der Waals surface area contributed by atoms with Crippen LogP contribution in [0.1, 0.15) is 19.4 Å². The summed E-state index contributed by atoms with van der Waals surface area (Å²) < 4.78 is 10.1. The van der Waals surface area contributed by atoms with Gasteiger partial charge in [0.15, 0.2) is 11.5 Å². The number of carbonyl (C=O) groups is 1. The molecule has 0 saturated heterocycles. The summed E-state index contributed by atoms with van der Waals surface area (Å²) in [7, 11) is 3.14. The molecule has 5 heteroatoms. The van der Waals surface area contributed by atoms with Gasteiger partial charge >= 0.3 is 5.97 Å². The van der Waals surface area contributed by atoms with Gasteiger partial charge in [-0.15, -0.1) is 0 Å². The van der Waals surface area contributed by atoms with Crippen LogP contribution in [-0.2, 0) is 15.1 Å². The fraction of sp³-hybridized carbons (Fsp3) is 0.462. The van der Waals surface area contributed by atoms with Crippen LogP contribution in [0.4, 0.5) is 0 Å². The number of hydrogen-bond donors (Lipinski definition) is 2. The molecule has 1 atom stereocenters. The minimum absolute atomic E-state index is 0.0311. The van der Waals surface area contributed by atoms with E-state index in [1.165, 1.54) is 13.2 Å². The van der Waals surface area contributed by atoms with Crippen LogP contribution in [0.5, 0.6) is 11.5 Å². The van der Waals surface area contributed by atoms with Gasteiger partial charge < -0.3 is 19.9 Å². The van der Waals surface area contributed by atoms with E-state index in [1.807, 2.05) is 0 Å². The smallest absolute Gasteiger partial charge is 0.330 e. The fourth-order valence-electron chi connectivity index (χ4n) is 1.63. The minimum Gasteiger partial charge on any atom is -0.504 e. The summed E-state index contributed by atoms with van der Waals surface area (Å²) in [6, 6.07) is 4.76. The Balaban J connectivity index is 3.19. The highest BCUT2D eigenvalue weighted by atomic mass is 16.5. The summed E-state index contributed by atoms with van der Waals surface area (Å²) in [5.41, 5.74) is -0.310. The van der Waals surface area contributed by atoms with E-state index in [-0.39, 0.29) is 11.7 Å². The molecule has 0 spiro atoms. The highest BCUT2D eigenvalue weighted by molar-refractivity contribution is 5.82. The van der Waals surface area contributed by atoms with Crippen molar-refractivity contribution in [2.24, 2.45) is 0 Å². The van der Waals surface area contributed by atoms with Crippen molar-refractivity contribution in [1.82, 2.24) is 5.32 Å². The number of carbonyl (C=O) groups excluding carboxylic acids is 1. The van der Waals surface area contributed by atoms with Gasteiger partial charge in [-0.25, -0.2) is 4.79 Å². The van der Waals surface area contributed by atoms with Crippen molar-refractivity contribution in [3.05, 3.63) is 23.8 Å². The van der Waals surface area contributed by atoms with Gasteiger partial charge in [0.05, 0.1) is 13.7 Å². The maximum absolute atomic E-state index is 12.0. The molecule has 0 saturated carbocycles. The second-order valence-corrected chi connectivity index (χ2v) is 3.98. The van der Waals surface area contributed by atoms with Crippen molar-refractivity contribution in [3.63, 3.8) is 0 Å². The number of rotatable bonds is 5. The molecule has 18 heavy (non-hydrogen) atoms. The molecule has 5 nitrogen and oxygen atoms in total. The molecule has 0 heterocycles. The maximum Gasteiger partial charge on any atom is 0.330 e. The van der Waals surface area contributed by atoms with Gasteiger partial charge in [-0.3, -0.25) is 0 Å². The van der Waals surface area contributed by atoms with Crippen molar-refractivity contribution < 1.29 is 19.4 Å².